The van der Waals surface area contributed by atoms with Crippen LogP contribution in [-0.2, 0) is 4.74 Å². The van der Waals surface area contributed by atoms with E-state index in [0.29, 0.717) is 12.2 Å². The van der Waals surface area contributed by atoms with E-state index in [1.165, 1.54) is 70.6 Å². The summed E-state index contributed by atoms with van der Waals surface area (Å²) in [5.41, 5.74) is 0. The van der Waals surface area contributed by atoms with Crippen molar-refractivity contribution in [3.05, 3.63) is 12.7 Å². The average Bonchev–Trinajstić information content (AvgIpc) is 3.10. The Hall–Kier alpha value is -0.300. The van der Waals surface area contributed by atoms with Gasteiger partial charge in [-0.2, -0.15) is 0 Å². The van der Waals surface area contributed by atoms with Crippen molar-refractivity contribution >= 4 is 0 Å². The van der Waals surface area contributed by atoms with Crippen LogP contribution in [0.25, 0.3) is 0 Å². The molecule has 0 N–H and O–H groups in total. The van der Waals surface area contributed by atoms with Crippen LogP contribution in [0.4, 0.5) is 0 Å². The van der Waals surface area contributed by atoms with Crippen LogP contribution in [-0.4, -0.2) is 12.2 Å². The Kier molecular flexibility index (Phi) is 8.42. The van der Waals surface area contributed by atoms with E-state index in [9.17, 15) is 0 Å². The van der Waals surface area contributed by atoms with Gasteiger partial charge in [0.1, 0.15) is 6.10 Å². The van der Waals surface area contributed by atoms with Crippen LogP contribution in [0.1, 0.15) is 77.6 Å². The van der Waals surface area contributed by atoms with Crippen molar-refractivity contribution in [2.24, 2.45) is 0 Å². The number of ether oxygens (including phenoxy) is 1. The van der Waals surface area contributed by atoms with Crippen molar-refractivity contribution in [2.45, 2.75) is 89.8 Å². The largest absolute Gasteiger partial charge is 0.365 e. The molecule has 0 aromatic rings. The van der Waals surface area contributed by atoms with Gasteiger partial charge in [-0.3, -0.25) is 0 Å². The number of unbranched alkanes of at least 4 members (excludes halogenated alkanes) is 9. The first-order valence-electron chi connectivity index (χ1n) is 7.66. The maximum absolute atomic E-state index is 5.43. The minimum absolute atomic E-state index is 0.383. The third-order valence-corrected chi connectivity index (χ3v) is 3.70. The maximum Gasteiger partial charge on any atom is 0.102 e. The molecule has 0 aliphatic carbocycles. The Labute approximate surface area is 108 Å². The lowest BCUT2D eigenvalue weighted by Gasteiger charge is -2.01. The summed E-state index contributed by atoms with van der Waals surface area (Å²) in [5, 5.41) is 0. The number of hydrogen-bond acceptors (Lipinski definition) is 1. The molecule has 17 heavy (non-hydrogen) atoms. The molecule has 1 heterocycles. The molecule has 1 aliphatic rings. The molecule has 1 saturated heterocycles. The highest BCUT2D eigenvalue weighted by atomic mass is 16.6. The molecule has 0 aromatic heterocycles. The van der Waals surface area contributed by atoms with Gasteiger partial charge in [0.25, 0.3) is 0 Å². The highest BCUT2D eigenvalue weighted by Crippen LogP contribution is 2.28. The molecule has 0 amide bonds. The van der Waals surface area contributed by atoms with Crippen LogP contribution in [0, 0.1) is 0 Å². The smallest absolute Gasteiger partial charge is 0.102 e. The van der Waals surface area contributed by atoms with E-state index in [1.807, 2.05) is 6.08 Å². The average molecular weight is 238 g/mol. The third-order valence-electron chi connectivity index (χ3n) is 3.70. The fourth-order valence-corrected chi connectivity index (χ4v) is 2.43. The van der Waals surface area contributed by atoms with E-state index in [2.05, 4.69) is 13.5 Å². The van der Waals surface area contributed by atoms with Crippen molar-refractivity contribution in [1.29, 1.82) is 0 Å². The maximum atomic E-state index is 5.43. The van der Waals surface area contributed by atoms with Gasteiger partial charge in [-0.1, -0.05) is 77.2 Å². The molecule has 2 atom stereocenters. The van der Waals surface area contributed by atoms with Gasteiger partial charge in [-0.25, -0.2) is 0 Å². The first-order valence-corrected chi connectivity index (χ1v) is 7.66. The Balaban J connectivity index is 1.69. The fourth-order valence-electron chi connectivity index (χ4n) is 2.43. The SMILES string of the molecule is C=C[C@@H]1O[C@@H]1CCCCCCCCCCCC. The van der Waals surface area contributed by atoms with E-state index in [-0.39, 0.29) is 0 Å². The summed E-state index contributed by atoms with van der Waals surface area (Å²) in [6, 6.07) is 0. The summed E-state index contributed by atoms with van der Waals surface area (Å²) in [7, 11) is 0. The van der Waals surface area contributed by atoms with Crippen LogP contribution < -0.4 is 0 Å². The number of hydrogen-bond donors (Lipinski definition) is 0. The second-order valence-corrected chi connectivity index (χ2v) is 5.35. The predicted octanol–water partition coefficient (Wildman–Crippen LogP) is 5.25. The second-order valence-electron chi connectivity index (χ2n) is 5.35. The van der Waals surface area contributed by atoms with Gasteiger partial charge in [0.05, 0.1) is 6.10 Å². The van der Waals surface area contributed by atoms with E-state index in [1.54, 1.807) is 0 Å². The molecule has 1 heteroatoms. The molecule has 1 fully saturated rings. The first kappa shape index (κ1) is 14.8. The van der Waals surface area contributed by atoms with Crippen molar-refractivity contribution in [3.63, 3.8) is 0 Å². The van der Waals surface area contributed by atoms with Crippen LogP contribution in [0.15, 0.2) is 12.7 Å². The summed E-state index contributed by atoms with van der Waals surface area (Å²) in [6.45, 7) is 6.03. The van der Waals surface area contributed by atoms with Gasteiger partial charge in [0.2, 0.25) is 0 Å². The summed E-state index contributed by atoms with van der Waals surface area (Å²) < 4.78 is 5.43. The molecule has 100 valence electrons. The Morgan fingerprint density at radius 1 is 0.882 bits per heavy atom. The van der Waals surface area contributed by atoms with Crippen LogP contribution in [0.3, 0.4) is 0 Å². The zero-order chi connectivity index (χ0) is 12.3. The normalized spacial score (nSPS) is 22.6. The lowest BCUT2D eigenvalue weighted by atomic mass is 10.0. The molecule has 0 bridgehead atoms. The van der Waals surface area contributed by atoms with Crippen molar-refractivity contribution < 1.29 is 4.74 Å². The molecular weight excluding hydrogens is 208 g/mol. The van der Waals surface area contributed by atoms with Crippen molar-refractivity contribution in [2.75, 3.05) is 0 Å². The van der Waals surface area contributed by atoms with Crippen molar-refractivity contribution in [3.8, 4) is 0 Å². The molecule has 1 rings (SSSR count). The van der Waals surface area contributed by atoms with Gasteiger partial charge in [0, 0.05) is 0 Å². The molecule has 0 saturated carbocycles. The van der Waals surface area contributed by atoms with E-state index < -0.39 is 0 Å². The fraction of sp³-hybridized carbons (Fsp3) is 0.875. The topological polar surface area (TPSA) is 12.5 Å². The Morgan fingerprint density at radius 3 is 1.88 bits per heavy atom. The molecule has 0 aromatic carbocycles. The summed E-state index contributed by atoms with van der Waals surface area (Å²) in [6.07, 6.45) is 18.2. The zero-order valence-corrected chi connectivity index (χ0v) is 11.6. The quantitative estimate of drug-likeness (QED) is 0.257. The van der Waals surface area contributed by atoms with Gasteiger partial charge in [-0.05, 0) is 6.42 Å². The summed E-state index contributed by atoms with van der Waals surface area (Å²) in [4.78, 5) is 0. The highest BCUT2D eigenvalue weighted by Gasteiger charge is 2.34. The Bertz CT molecular complexity index is 188. The standard InChI is InChI=1S/C16H30O/c1-3-5-6-7-8-9-10-11-12-13-14-16-15(4-2)17-16/h4,15-16H,2-3,5-14H2,1H3/t15-,16+/m0/s1. The van der Waals surface area contributed by atoms with Crippen LogP contribution in [0.2, 0.25) is 0 Å². The zero-order valence-electron chi connectivity index (χ0n) is 11.6. The van der Waals surface area contributed by atoms with Gasteiger partial charge in [0.15, 0.2) is 0 Å². The minimum Gasteiger partial charge on any atom is -0.365 e. The molecule has 0 radical (unpaired) electrons. The van der Waals surface area contributed by atoms with Gasteiger partial charge in [-0.15, -0.1) is 6.58 Å². The third kappa shape index (κ3) is 7.59. The number of rotatable bonds is 12. The van der Waals surface area contributed by atoms with Gasteiger partial charge < -0.3 is 4.74 Å². The van der Waals surface area contributed by atoms with E-state index in [4.69, 9.17) is 4.74 Å². The van der Waals surface area contributed by atoms with Crippen molar-refractivity contribution in [1.82, 2.24) is 0 Å². The molecule has 0 unspecified atom stereocenters. The Morgan fingerprint density at radius 2 is 1.41 bits per heavy atom. The number of epoxide rings is 1. The van der Waals surface area contributed by atoms with E-state index in [0.717, 1.165) is 0 Å². The highest BCUT2D eigenvalue weighted by molar-refractivity contribution is 4.97. The first-order chi connectivity index (χ1) is 8.38. The van der Waals surface area contributed by atoms with Crippen LogP contribution >= 0.6 is 0 Å². The lowest BCUT2D eigenvalue weighted by Crippen LogP contribution is -1.90. The predicted molar refractivity (Wildman–Crippen MR) is 75.3 cm³/mol. The summed E-state index contributed by atoms with van der Waals surface area (Å²) >= 11 is 0. The lowest BCUT2D eigenvalue weighted by molar-refractivity contribution is 0.372. The molecule has 1 aliphatic heterocycles. The monoisotopic (exact) mass is 238 g/mol. The molecule has 1 nitrogen and oxygen atoms in total. The van der Waals surface area contributed by atoms with E-state index >= 15 is 0 Å². The van der Waals surface area contributed by atoms with Crippen LogP contribution in [0.5, 0.6) is 0 Å². The summed E-state index contributed by atoms with van der Waals surface area (Å²) in [5.74, 6) is 0. The molecule has 0 spiro atoms. The second kappa shape index (κ2) is 9.70. The minimum atomic E-state index is 0.383. The molecular formula is C16H30O. The van der Waals surface area contributed by atoms with Gasteiger partial charge >= 0.3 is 0 Å².